The van der Waals surface area contributed by atoms with Crippen molar-refractivity contribution in [2.75, 3.05) is 0 Å². The molecule has 0 aromatic heterocycles. The summed E-state index contributed by atoms with van der Waals surface area (Å²) in [4.78, 5) is 0. The van der Waals surface area contributed by atoms with Crippen LogP contribution >= 0.6 is 0 Å². The number of hydrogen-bond acceptors (Lipinski definition) is 2. The first-order chi connectivity index (χ1) is 6.39. The molecule has 0 N–H and O–H groups in total. The highest BCUT2D eigenvalue weighted by Crippen LogP contribution is 2.43. The number of rotatable bonds is 4. The van der Waals surface area contributed by atoms with Gasteiger partial charge in [-0.2, -0.15) is 17.6 Å². The highest BCUT2D eigenvalue weighted by atomic mass is 32.2. The van der Waals surface area contributed by atoms with Gasteiger partial charge < -0.3 is 0 Å². The van der Waals surface area contributed by atoms with Gasteiger partial charge in [-0.25, -0.2) is 17.2 Å². The zero-order chi connectivity index (χ0) is 12.7. The summed E-state index contributed by atoms with van der Waals surface area (Å²) in [5.74, 6) is -5.66. The Morgan fingerprint density at radius 1 is 0.867 bits per heavy atom. The van der Waals surface area contributed by atoms with Crippen LogP contribution < -0.4 is 0 Å². The molecule has 0 radical (unpaired) electrons. The average Bonchev–Trinajstić information content (AvgIpc) is 2.02. The van der Waals surface area contributed by atoms with Crippen molar-refractivity contribution in [1.82, 2.24) is 0 Å². The highest BCUT2D eigenvalue weighted by Gasteiger charge is 2.64. The van der Waals surface area contributed by atoms with Gasteiger partial charge >= 0.3 is 10.5 Å². The van der Waals surface area contributed by atoms with Crippen LogP contribution in [0.15, 0.2) is 24.8 Å². The molecule has 0 spiro atoms. The molecule has 0 atom stereocenters. The zero-order valence-electron chi connectivity index (χ0n) is 6.91. The topological polar surface area (TPSA) is 34.1 Å². The van der Waals surface area contributed by atoms with Crippen LogP contribution in [-0.4, -0.2) is 18.9 Å². The van der Waals surface area contributed by atoms with Gasteiger partial charge in [0.15, 0.2) is 11.7 Å². The summed E-state index contributed by atoms with van der Waals surface area (Å²) in [5.41, 5.74) is 0. The minimum absolute atomic E-state index is 1.88. The van der Waals surface area contributed by atoms with E-state index < -0.39 is 32.0 Å². The molecule has 0 saturated heterocycles. The third-order valence-corrected chi connectivity index (χ3v) is 3.10. The number of sulfone groups is 1. The minimum Gasteiger partial charge on any atom is -0.215 e. The predicted molar refractivity (Wildman–Crippen MR) is 39.3 cm³/mol. The average molecular weight is 254 g/mol. The molecule has 0 aliphatic carbocycles. The normalized spacial score (nSPS) is 13.7. The summed E-state index contributed by atoms with van der Waals surface area (Å²) in [7, 11) is -6.75. The van der Waals surface area contributed by atoms with E-state index in [0.29, 0.717) is 0 Å². The standard InChI is InChI=1S/C6H4F6O2S/c1-3(7)5(9,10)15(13,14)6(11,12)4(2)8/h1-2H2. The molecular formula is C6H4F6O2S. The second-order valence-corrected chi connectivity index (χ2v) is 4.38. The molecule has 9 heteroatoms. The van der Waals surface area contributed by atoms with Crippen LogP contribution in [0, 0.1) is 0 Å². The van der Waals surface area contributed by atoms with Crippen molar-refractivity contribution in [3.63, 3.8) is 0 Å². The van der Waals surface area contributed by atoms with E-state index in [1.807, 2.05) is 13.2 Å². The van der Waals surface area contributed by atoms with Gasteiger partial charge in [0.25, 0.3) is 9.84 Å². The molecular weight excluding hydrogens is 250 g/mol. The van der Waals surface area contributed by atoms with Gasteiger partial charge in [0, 0.05) is 0 Å². The first kappa shape index (κ1) is 14.0. The maximum Gasteiger partial charge on any atom is 0.401 e. The van der Waals surface area contributed by atoms with Crippen LogP contribution in [0.5, 0.6) is 0 Å². The quantitative estimate of drug-likeness (QED) is 0.722. The van der Waals surface area contributed by atoms with Crippen molar-refractivity contribution in [3.8, 4) is 0 Å². The molecule has 0 fully saturated rings. The van der Waals surface area contributed by atoms with Crippen LogP contribution in [0.4, 0.5) is 26.3 Å². The Kier molecular flexibility index (Phi) is 3.31. The van der Waals surface area contributed by atoms with Crippen molar-refractivity contribution in [2.24, 2.45) is 0 Å². The summed E-state index contributed by atoms with van der Waals surface area (Å²) in [6, 6.07) is 0. The Morgan fingerprint density at radius 3 is 1.20 bits per heavy atom. The van der Waals surface area contributed by atoms with Crippen LogP contribution in [-0.2, 0) is 9.84 Å². The Bertz CT molecular complexity index is 364. The first-order valence-electron chi connectivity index (χ1n) is 3.08. The fourth-order valence-corrected chi connectivity index (χ4v) is 1.36. The van der Waals surface area contributed by atoms with Gasteiger partial charge in [-0.3, -0.25) is 0 Å². The molecule has 0 saturated carbocycles. The van der Waals surface area contributed by atoms with Gasteiger partial charge in [-0.05, 0) is 0 Å². The summed E-state index contributed by atoms with van der Waals surface area (Å²) in [5, 5.41) is -11.2. The lowest BCUT2D eigenvalue weighted by Gasteiger charge is -2.20. The van der Waals surface area contributed by atoms with Crippen LogP contribution in [0.25, 0.3) is 0 Å². The number of hydrogen-bond donors (Lipinski definition) is 0. The molecule has 0 aromatic carbocycles. The predicted octanol–water partition coefficient (Wildman–Crippen LogP) is 2.55. The van der Waals surface area contributed by atoms with Gasteiger partial charge in [0.05, 0.1) is 0 Å². The molecule has 0 unspecified atom stereocenters. The monoisotopic (exact) mass is 254 g/mol. The lowest BCUT2D eigenvalue weighted by molar-refractivity contribution is 0.0609. The second-order valence-electron chi connectivity index (χ2n) is 2.35. The summed E-state index contributed by atoms with van der Waals surface area (Å²) in [6.45, 7) is 3.77. The lowest BCUT2D eigenvalue weighted by Crippen LogP contribution is -2.42. The van der Waals surface area contributed by atoms with Gasteiger partial charge in [-0.1, -0.05) is 13.2 Å². The molecule has 0 heterocycles. The molecule has 2 nitrogen and oxygen atoms in total. The number of alkyl halides is 4. The summed E-state index contributed by atoms with van der Waals surface area (Å²) in [6.07, 6.45) is 0. The lowest BCUT2D eigenvalue weighted by atomic mass is 10.6. The molecule has 0 amide bonds. The third kappa shape index (κ3) is 1.87. The van der Waals surface area contributed by atoms with Gasteiger partial charge in [0.2, 0.25) is 0 Å². The van der Waals surface area contributed by atoms with E-state index in [4.69, 9.17) is 0 Å². The minimum atomic E-state index is -6.75. The zero-order valence-corrected chi connectivity index (χ0v) is 7.72. The second kappa shape index (κ2) is 3.54. The fourth-order valence-electron chi connectivity index (χ4n) is 0.453. The van der Waals surface area contributed by atoms with Crippen LogP contribution in [0.3, 0.4) is 0 Å². The highest BCUT2D eigenvalue weighted by molar-refractivity contribution is 7.93. The Labute approximate surface area is 80.8 Å². The molecule has 88 valence electrons. The van der Waals surface area contributed by atoms with E-state index in [-0.39, 0.29) is 0 Å². The fraction of sp³-hybridized carbons (Fsp3) is 0.333. The van der Waals surface area contributed by atoms with Crippen molar-refractivity contribution in [2.45, 2.75) is 10.5 Å². The van der Waals surface area contributed by atoms with Crippen LogP contribution in [0.2, 0.25) is 0 Å². The van der Waals surface area contributed by atoms with Gasteiger partial charge in [-0.15, -0.1) is 0 Å². The Morgan fingerprint density at radius 2 is 1.07 bits per heavy atom. The molecule has 0 bridgehead atoms. The van der Waals surface area contributed by atoms with E-state index in [2.05, 4.69) is 0 Å². The smallest absolute Gasteiger partial charge is 0.215 e. The Balaban J connectivity index is 5.75. The van der Waals surface area contributed by atoms with Crippen molar-refractivity contribution in [1.29, 1.82) is 0 Å². The molecule has 0 aliphatic rings. The van der Waals surface area contributed by atoms with Crippen molar-refractivity contribution in [3.05, 3.63) is 24.8 Å². The first-order valence-corrected chi connectivity index (χ1v) is 4.57. The Hall–Kier alpha value is -0.990. The number of halogens is 6. The van der Waals surface area contributed by atoms with E-state index in [9.17, 15) is 34.8 Å². The van der Waals surface area contributed by atoms with Crippen LogP contribution in [0.1, 0.15) is 0 Å². The maximum absolute atomic E-state index is 12.4. The van der Waals surface area contributed by atoms with Crippen molar-refractivity contribution < 1.29 is 34.8 Å². The van der Waals surface area contributed by atoms with Gasteiger partial charge in [0.1, 0.15) is 0 Å². The largest absolute Gasteiger partial charge is 0.401 e. The van der Waals surface area contributed by atoms with E-state index in [1.165, 1.54) is 0 Å². The van der Waals surface area contributed by atoms with E-state index in [1.54, 1.807) is 0 Å². The third-order valence-electron chi connectivity index (χ3n) is 1.31. The summed E-state index contributed by atoms with van der Waals surface area (Å²) < 4.78 is 94.5. The summed E-state index contributed by atoms with van der Waals surface area (Å²) >= 11 is 0. The molecule has 0 aromatic rings. The maximum atomic E-state index is 12.4. The van der Waals surface area contributed by atoms with Crippen molar-refractivity contribution >= 4 is 9.84 Å². The van der Waals surface area contributed by atoms with E-state index in [0.717, 1.165) is 0 Å². The molecule has 15 heavy (non-hydrogen) atoms. The molecule has 0 aliphatic heterocycles. The van der Waals surface area contributed by atoms with E-state index >= 15 is 0 Å². The SMILES string of the molecule is C=C(F)C(F)(F)S(=O)(=O)C(F)(F)C(=C)F. The molecule has 0 rings (SSSR count).